The summed E-state index contributed by atoms with van der Waals surface area (Å²) in [6.07, 6.45) is 6.69. The van der Waals surface area contributed by atoms with Crippen molar-refractivity contribution in [3.05, 3.63) is 34.2 Å². The fraction of sp³-hybridized carbons (Fsp3) is 0.591. The molecule has 0 bridgehead atoms. The predicted octanol–water partition coefficient (Wildman–Crippen LogP) is 2.86. The molecule has 34 heavy (non-hydrogen) atoms. The van der Waals surface area contributed by atoms with E-state index >= 15 is 0 Å². The van der Waals surface area contributed by atoms with Crippen LogP contribution in [-0.4, -0.2) is 66.4 Å². The molecule has 10 nitrogen and oxygen atoms in total. The molecule has 1 aliphatic heterocycles. The van der Waals surface area contributed by atoms with Crippen LogP contribution in [0.2, 0.25) is 0 Å². The Labute approximate surface area is 207 Å². The lowest BCUT2D eigenvalue weighted by Crippen LogP contribution is -2.33. The van der Waals surface area contributed by atoms with Crippen LogP contribution in [0.1, 0.15) is 49.9 Å². The molecule has 12 heteroatoms. The summed E-state index contributed by atoms with van der Waals surface area (Å²) in [5.74, 6) is 0.00387. The number of hydrogen-bond acceptors (Lipinski definition) is 8. The number of esters is 1. The third kappa shape index (κ3) is 5.29. The molecule has 1 fully saturated rings. The van der Waals surface area contributed by atoms with Crippen LogP contribution >= 0.6 is 15.9 Å². The van der Waals surface area contributed by atoms with Crippen molar-refractivity contribution in [2.75, 3.05) is 26.9 Å². The summed E-state index contributed by atoms with van der Waals surface area (Å²) in [5.41, 5.74) is 1.68. The van der Waals surface area contributed by atoms with Gasteiger partial charge in [-0.2, -0.15) is 9.40 Å². The molecule has 0 aromatic carbocycles. The molecule has 0 spiro atoms. The SMILES string of the molecule is CCOC(=O)Cn1ncc2c1CCCC2N(C)S(=O)(=O)c1cnc(OC2CCOCC2)c(Br)c1. The Morgan fingerprint density at radius 1 is 1.29 bits per heavy atom. The highest BCUT2D eigenvalue weighted by Crippen LogP contribution is 2.37. The molecule has 186 valence electrons. The molecule has 2 aromatic rings. The van der Waals surface area contributed by atoms with Gasteiger partial charge < -0.3 is 14.2 Å². The topological polar surface area (TPSA) is 113 Å². The van der Waals surface area contributed by atoms with Crippen LogP contribution in [-0.2, 0) is 37.3 Å². The largest absolute Gasteiger partial charge is 0.473 e. The van der Waals surface area contributed by atoms with Crippen molar-refractivity contribution in [3.8, 4) is 5.88 Å². The molecule has 2 aliphatic rings. The molecule has 3 heterocycles. The number of carbonyl (C=O) groups is 1. The predicted molar refractivity (Wildman–Crippen MR) is 126 cm³/mol. The molecule has 1 atom stereocenters. The number of fused-ring (bicyclic) bond motifs is 1. The minimum Gasteiger partial charge on any atom is -0.473 e. The first-order valence-corrected chi connectivity index (χ1v) is 13.6. The molecular weight excluding hydrogens is 528 g/mol. The fourth-order valence-electron chi connectivity index (χ4n) is 4.36. The van der Waals surface area contributed by atoms with E-state index in [0.29, 0.717) is 36.6 Å². The van der Waals surface area contributed by atoms with E-state index in [1.807, 2.05) is 0 Å². The van der Waals surface area contributed by atoms with Gasteiger partial charge in [-0.15, -0.1) is 0 Å². The Balaban J connectivity index is 1.53. The van der Waals surface area contributed by atoms with Gasteiger partial charge in [0.2, 0.25) is 15.9 Å². The van der Waals surface area contributed by atoms with Crippen molar-refractivity contribution in [3.63, 3.8) is 0 Å². The molecule has 2 aromatic heterocycles. The summed E-state index contributed by atoms with van der Waals surface area (Å²) in [6.45, 7) is 3.34. The molecule has 0 amide bonds. The van der Waals surface area contributed by atoms with Gasteiger partial charge in [0.25, 0.3) is 0 Å². The smallest absolute Gasteiger partial charge is 0.327 e. The number of nitrogens with zero attached hydrogens (tertiary/aromatic N) is 4. The van der Waals surface area contributed by atoms with Gasteiger partial charge in [0, 0.05) is 31.1 Å². The van der Waals surface area contributed by atoms with Gasteiger partial charge in [-0.05, 0) is 48.2 Å². The van der Waals surface area contributed by atoms with Crippen LogP contribution in [0.4, 0.5) is 0 Å². The van der Waals surface area contributed by atoms with E-state index in [4.69, 9.17) is 14.2 Å². The van der Waals surface area contributed by atoms with E-state index < -0.39 is 10.0 Å². The number of pyridine rings is 1. The second kappa shape index (κ2) is 10.7. The minimum atomic E-state index is -3.84. The van der Waals surface area contributed by atoms with Gasteiger partial charge in [0.05, 0.1) is 42.7 Å². The highest BCUT2D eigenvalue weighted by molar-refractivity contribution is 9.10. The normalized spacial score (nSPS) is 19.1. The standard InChI is InChI=1S/C22H29BrN4O6S/c1-3-32-21(28)14-27-20-6-4-5-19(17(20)13-25-27)26(2)34(29,30)16-11-18(23)22(24-12-16)33-15-7-9-31-10-8-15/h11-13,15,19H,3-10,14H2,1-2H3. The number of hydrogen-bond donors (Lipinski definition) is 0. The molecule has 0 N–H and O–H groups in total. The van der Waals surface area contributed by atoms with Crippen LogP contribution < -0.4 is 4.74 Å². The number of ether oxygens (including phenoxy) is 3. The molecule has 1 unspecified atom stereocenters. The Kier molecular flexibility index (Phi) is 7.90. The minimum absolute atomic E-state index is 0.00511. The van der Waals surface area contributed by atoms with Gasteiger partial charge in [-0.1, -0.05) is 0 Å². The third-order valence-corrected chi connectivity index (χ3v) is 8.56. The van der Waals surface area contributed by atoms with E-state index in [9.17, 15) is 13.2 Å². The first kappa shape index (κ1) is 25.1. The molecule has 1 saturated heterocycles. The lowest BCUT2D eigenvalue weighted by molar-refractivity contribution is -0.144. The van der Waals surface area contributed by atoms with Crippen molar-refractivity contribution in [2.45, 2.75) is 62.6 Å². The van der Waals surface area contributed by atoms with Crippen molar-refractivity contribution in [1.82, 2.24) is 19.1 Å². The quantitative estimate of drug-likeness (QED) is 0.456. The molecule has 1 aliphatic carbocycles. The van der Waals surface area contributed by atoms with E-state index in [1.54, 1.807) is 24.9 Å². The van der Waals surface area contributed by atoms with Crippen molar-refractivity contribution in [1.29, 1.82) is 0 Å². The molecule has 0 saturated carbocycles. The Morgan fingerprint density at radius 2 is 2.06 bits per heavy atom. The van der Waals surface area contributed by atoms with Crippen LogP contribution in [0.3, 0.4) is 0 Å². The molecular formula is C22H29BrN4O6S. The van der Waals surface area contributed by atoms with Crippen LogP contribution in [0.25, 0.3) is 0 Å². The monoisotopic (exact) mass is 556 g/mol. The first-order valence-electron chi connectivity index (χ1n) is 11.4. The number of halogens is 1. The van der Waals surface area contributed by atoms with Gasteiger partial charge in [0.1, 0.15) is 17.5 Å². The summed E-state index contributed by atoms with van der Waals surface area (Å²) >= 11 is 3.42. The van der Waals surface area contributed by atoms with Crippen LogP contribution in [0.5, 0.6) is 5.88 Å². The highest BCUT2D eigenvalue weighted by atomic mass is 79.9. The number of sulfonamides is 1. The van der Waals surface area contributed by atoms with Gasteiger partial charge >= 0.3 is 5.97 Å². The molecule has 4 rings (SSSR count). The average molecular weight is 557 g/mol. The van der Waals surface area contributed by atoms with E-state index in [-0.39, 0.29) is 29.6 Å². The van der Waals surface area contributed by atoms with Gasteiger partial charge in [-0.25, -0.2) is 13.4 Å². The summed E-state index contributed by atoms with van der Waals surface area (Å²) in [5, 5.41) is 4.34. The number of aromatic nitrogens is 3. The Hall–Kier alpha value is -2.02. The zero-order valence-electron chi connectivity index (χ0n) is 19.3. The van der Waals surface area contributed by atoms with Crippen molar-refractivity contribution >= 4 is 31.9 Å². The Bertz CT molecular complexity index is 1130. The summed E-state index contributed by atoms with van der Waals surface area (Å²) in [4.78, 5) is 16.3. The lowest BCUT2D eigenvalue weighted by atomic mass is 9.93. The van der Waals surface area contributed by atoms with Gasteiger partial charge in [0.15, 0.2) is 0 Å². The summed E-state index contributed by atoms with van der Waals surface area (Å²) < 4.78 is 46.7. The Morgan fingerprint density at radius 3 is 2.76 bits per heavy atom. The fourth-order valence-corrected chi connectivity index (χ4v) is 6.29. The van der Waals surface area contributed by atoms with Crippen molar-refractivity contribution in [2.24, 2.45) is 0 Å². The van der Waals surface area contributed by atoms with Crippen molar-refractivity contribution < 1.29 is 27.4 Å². The van der Waals surface area contributed by atoms with E-state index in [0.717, 1.165) is 36.9 Å². The highest BCUT2D eigenvalue weighted by Gasteiger charge is 2.35. The zero-order valence-corrected chi connectivity index (χ0v) is 21.7. The summed E-state index contributed by atoms with van der Waals surface area (Å²) in [7, 11) is -2.27. The zero-order chi connectivity index (χ0) is 24.3. The maximum Gasteiger partial charge on any atom is 0.327 e. The maximum atomic E-state index is 13.5. The second-order valence-electron chi connectivity index (χ2n) is 8.33. The van der Waals surface area contributed by atoms with Crippen LogP contribution in [0.15, 0.2) is 27.8 Å². The first-order chi connectivity index (χ1) is 16.3. The number of rotatable bonds is 8. The summed E-state index contributed by atoms with van der Waals surface area (Å²) in [6, 6.07) is 1.14. The van der Waals surface area contributed by atoms with E-state index in [1.165, 1.54) is 16.6 Å². The van der Waals surface area contributed by atoms with Gasteiger partial charge in [-0.3, -0.25) is 9.48 Å². The maximum absolute atomic E-state index is 13.5. The number of carbonyl (C=O) groups excluding carboxylic acids is 1. The second-order valence-corrected chi connectivity index (χ2v) is 11.2. The molecule has 0 radical (unpaired) electrons. The average Bonchev–Trinajstić information content (AvgIpc) is 3.23. The van der Waals surface area contributed by atoms with E-state index in [2.05, 4.69) is 26.0 Å². The lowest BCUT2D eigenvalue weighted by Gasteiger charge is -2.31. The van der Waals surface area contributed by atoms with Crippen LogP contribution in [0, 0.1) is 0 Å². The third-order valence-electron chi connectivity index (χ3n) is 6.16.